The lowest BCUT2D eigenvalue weighted by Crippen LogP contribution is -2.21. The second-order valence-electron chi connectivity index (χ2n) is 3.19. The number of carbonyl (C=O) groups excluding carboxylic acids is 1. The van der Waals surface area contributed by atoms with Gasteiger partial charge in [-0.3, -0.25) is 10.2 Å². The molecule has 0 aliphatic rings. The van der Waals surface area contributed by atoms with E-state index in [9.17, 15) is 4.79 Å². The summed E-state index contributed by atoms with van der Waals surface area (Å²) < 4.78 is 6.51. The van der Waals surface area contributed by atoms with E-state index >= 15 is 0 Å². The summed E-state index contributed by atoms with van der Waals surface area (Å²) in [6.45, 7) is 0. The zero-order valence-electron chi connectivity index (χ0n) is 8.04. The highest BCUT2D eigenvalue weighted by Gasteiger charge is 2.10. The van der Waals surface area contributed by atoms with Crippen LogP contribution in [0.4, 0.5) is 0 Å². The zero-order chi connectivity index (χ0) is 11.0. The number of nitrogens with zero attached hydrogens (tertiary/aromatic N) is 3. The number of nitrogens with one attached hydrogen (secondary N) is 2. The topological polar surface area (TPSA) is 88.7 Å². The molecule has 3 heterocycles. The lowest BCUT2D eigenvalue weighted by molar-refractivity contribution is 0.100. The van der Waals surface area contributed by atoms with Crippen molar-refractivity contribution >= 4 is 17.0 Å². The zero-order valence-corrected chi connectivity index (χ0v) is 8.04. The number of fused-ring (bicyclic) bond motifs is 1. The van der Waals surface area contributed by atoms with E-state index in [0.717, 1.165) is 5.52 Å². The number of carbonyl (C=O) groups is 1. The molecule has 0 aliphatic heterocycles. The minimum Gasteiger partial charge on any atom is -0.463 e. The third-order valence-electron chi connectivity index (χ3n) is 2.13. The molecule has 0 saturated heterocycles. The van der Waals surface area contributed by atoms with E-state index in [1.54, 1.807) is 18.4 Å². The Hall–Kier alpha value is -2.57. The van der Waals surface area contributed by atoms with Crippen molar-refractivity contribution in [2.75, 3.05) is 5.43 Å². The number of H-pyrrole nitrogens is 1. The van der Waals surface area contributed by atoms with Gasteiger partial charge in [0.05, 0.1) is 11.8 Å². The molecule has 16 heavy (non-hydrogen) atoms. The summed E-state index contributed by atoms with van der Waals surface area (Å²) in [7, 11) is 0. The molecule has 3 aromatic heterocycles. The van der Waals surface area contributed by atoms with Gasteiger partial charge in [0.2, 0.25) is 0 Å². The maximum absolute atomic E-state index is 11.7. The van der Waals surface area contributed by atoms with Crippen LogP contribution in [0, 0.1) is 0 Å². The van der Waals surface area contributed by atoms with Gasteiger partial charge >= 0.3 is 0 Å². The Bertz CT molecular complexity index is 593. The van der Waals surface area contributed by atoms with Crippen LogP contribution in [0.3, 0.4) is 0 Å². The molecule has 0 aliphatic carbocycles. The van der Waals surface area contributed by atoms with Gasteiger partial charge in [0.1, 0.15) is 18.3 Å². The molecule has 0 spiro atoms. The Labute approximate surface area is 89.0 Å². The van der Waals surface area contributed by atoms with Crippen LogP contribution in [0.2, 0.25) is 0 Å². The number of rotatable bonds is 2. The van der Waals surface area contributed by atoms with E-state index in [-0.39, 0.29) is 5.91 Å². The van der Waals surface area contributed by atoms with Crippen molar-refractivity contribution in [1.82, 2.24) is 19.9 Å². The second-order valence-corrected chi connectivity index (χ2v) is 3.19. The van der Waals surface area contributed by atoms with E-state index in [0.29, 0.717) is 11.3 Å². The van der Waals surface area contributed by atoms with Crippen molar-refractivity contribution in [3.8, 4) is 0 Å². The van der Waals surface area contributed by atoms with E-state index in [2.05, 4.69) is 20.6 Å². The number of aromatic nitrogens is 4. The highest BCUT2D eigenvalue weighted by atomic mass is 16.3. The quantitative estimate of drug-likeness (QED) is 0.662. The molecule has 0 radical (unpaired) electrons. The molecule has 0 aromatic carbocycles. The summed E-state index contributed by atoms with van der Waals surface area (Å²) in [5.41, 5.74) is 4.42. The molecular formula is C9H7N5O2. The fourth-order valence-corrected chi connectivity index (χ4v) is 1.41. The van der Waals surface area contributed by atoms with Crippen LogP contribution in [-0.2, 0) is 0 Å². The first-order valence-electron chi connectivity index (χ1n) is 4.55. The lowest BCUT2D eigenvalue weighted by Gasteiger charge is -2.01. The van der Waals surface area contributed by atoms with E-state index in [4.69, 9.17) is 4.42 Å². The van der Waals surface area contributed by atoms with E-state index in [1.807, 2.05) is 0 Å². The summed E-state index contributed by atoms with van der Waals surface area (Å²) in [5.74, 6) is -0.286. The SMILES string of the molecule is O=C(Nn1cnnc1)c1cc2occc2[nH]1. The van der Waals surface area contributed by atoms with Gasteiger partial charge in [0, 0.05) is 12.1 Å². The molecule has 0 atom stereocenters. The largest absolute Gasteiger partial charge is 0.463 e. The van der Waals surface area contributed by atoms with Crippen LogP contribution in [0.25, 0.3) is 11.1 Å². The van der Waals surface area contributed by atoms with Gasteiger partial charge in [-0.1, -0.05) is 0 Å². The molecule has 1 amide bonds. The molecular weight excluding hydrogens is 210 g/mol. The maximum atomic E-state index is 11.7. The third-order valence-corrected chi connectivity index (χ3v) is 2.13. The van der Waals surface area contributed by atoms with Gasteiger partial charge in [-0.15, -0.1) is 10.2 Å². The molecule has 3 aromatic rings. The molecule has 0 bridgehead atoms. The first-order chi connectivity index (χ1) is 7.83. The van der Waals surface area contributed by atoms with Crippen molar-refractivity contribution in [3.05, 3.63) is 36.7 Å². The van der Waals surface area contributed by atoms with E-state index in [1.165, 1.54) is 17.3 Å². The van der Waals surface area contributed by atoms with Gasteiger partial charge in [-0.05, 0) is 0 Å². The normalized spacial score (nSPS) is 10.8. The Kier molecular flexibility index (Phi) is 1.76. The van der Waals surface area contributed by atoms with Crippen LogP contribution in [-0.4, -0.2) is 25.8 Å². The standard InChI is InChI=1S/C9H7N5O2/c15-9(13-14-4-10-11-5-14)7-3-8-6(12-7)1-2-16-8/h1-5,12H,(H,13,15). The van der Waals surface area contributed by atoms with Gasteiger partial charge in [0.15, 0.2) is 5.58 Å². The van der Waals surface area contributed by atoms with Gasteiger partial charge in [-0.25, -0.2) is 4.68 Å². The Morgan fingerprint density at radius 1 is 1.44 bits per heavy atom. The highest BCUT2D eigenvalue weighted by molar-refractivity contribution is 6.01. The first-order valence-corrected chi connectivity index (χ1v) is 4.55. The number of hydrogen-bond acceptors (Lipinski definition) is 4. The minimum atomic E-state index is -0.286. The minimum absolute atomic E-state index is 0.286. The predicted molar refractivity (Wildman–Crippen MR) is 54.3 cm³/mol. The van der Waals surface area contributed by atoms with Crippen LogP contribution in [0.15, 0.2) is 35.5 Å². The molecule has 80 valence electrons. The third kappa shape index (κ3) is 1.34. The number of aromatic amines is 1. The fraction of sp³-hybridized carbons (Fsp3) is 0. The molecule has 2 N–H and O–H groups in total. The number of amides is 1. The Morgan fingerprint density at radius 2 is 2.25 bits per heavy atom. The maximum Gasteiger partial charge on any atom is 0.286 e. The average Bonchev–Trinajstić information content (AvgIpc) is 2.91. The van der Waals surface area contributed by atoms with Crippen molar-refractivity contribution < 1.29 is 9.21 Å². The van der Waals surface area contributed by atoms with Crippen LogP contribution in [0.1, 0.15) is 10.5 Å². The van der Waals surface area contributed by atoms with Crippen molar-refractivity contribution in [1.29, 1.82) is 0 Å². The molecule has 3 rings (SSSR count). The van der Waals surface area contributed by atoms with Crippen molar-refractivity contribution in [2.24, 2.45) is 0 Å². The van der Waals surface area contributed by atoms with Gasteiger partial charge in [0.25, 0.3) is 5.91 Å². The fourth-order valence-electron chi connectivity index (χ4n) is 1.41. The van der Waals surface area contributed by atoms with Crippen molar-refractivity contribution in [3.63, 3.8) is 0 Å². The Morgan fingerprint density at radius 3 is 3.00 bits per heavy atom. The summed E-state index contributed by atoms with van der Waals surface area (Å²) in [6, 6.07) is 3.39. The molecule has 0 fully saturated rings. The number of hydrogen-bond donors (Lipinski definition) is 2. The smallest absolute Gasteiger partial charge is 0.286 e. The predicted octanol–water partition coefficient (Wildman–Crippen LogP) is 0.736. The summed E-state index contributed by atoms with van der Waals surface area (Å²) in [5, 5.41) is 7.14. The van der Waals surface area contributed by atoms with Crippen molar-refractivity contribution in [2.45, 2.75) is 0 Å². The van der Waals surface area contributed by atoms with Crippen LogP contribution in [0.5, 0.6) is 0 Å². The molecule has 7 heteroatoms. The summed E-state index contributed by atoms with van der Waals surface area (Å²) >= 11 is 0. The highest BCUT2D eigenvalue weighted by Crippen LogP contribution is 2.15. The Balaban J connectivity index is 1.87. The lowest BCUT2D eigenvalue weighted by atomic mass is 10.4. The van der Waals surface area contributed by atoms with Crippen LogP contribution >= 0.6 is 0 Å². The van der Waals surface area contributed by atoms with Crippen LogP contribution < -0.4 is 5.43 Å². The number of furan rings is 1. The average molecular weight is 217 g/mol. The van der Waals surface area contributed by atoms with Gasteiger partial charge < -0.3 is 9.40 Å². The first kappa shape index (κ1) is 8.72. The summed E-state index contributed by atoms with van der Waals surface area (Å²) in [4.78, 5) is 14.6. The summed E-state index contributed by atoms with van der Waals surface area (Å²) in [6.07, 6.45) is 4.35. The molecule has 7 nitrogen and oxygen atoms in total. The monoisotopic (exact) mass is 217 g/mol. The molecule has 0 unspecified atom stereocenters. The second kappa shape index (κ2) is 3.23. The van der Waals surface area contributed by atoms with E-state index < -0.39 is 0 Å². The van der Waals surface area contributed by atoms with Gasteiger partial charge in [-0.2, -0.15) is 0 Å². The molecule has 0 saturated carbocycles.